The van der Waals surface area contributed by atoms with E-state index in [9.17, 15) is 14.0 Å². The third kappa shape index (κ3) is 4.32. The molecule has 1 aliphatic rings. The van der Waals surface area contributed by atoms with E-state index in [4.69, 9.17) is 16.3 Å². The van der Waals surface area contributed by atoms with Gasteiger partial charge >= 0.3 is 5.97 Å². The Bertz CT molecular complexity index is 1130. The number of amides is 1. The van der Waals surface area contributed by atoms with E-state index in [1.165, 1.54) is 19.2 Å². The number of esters is 1. The summed E-state index contributed by atoms with van der Waals surface area (Å²) in [5, 5.41) is 7.88. The number of nitrogens with zero attached hydrogens (tertiary/aromatic N) is 2. The monoisotopic (exact) mass is 441 g/mol. The van der Waals surface area contributed by atoms with E-state index in [-0.39, 0.29) is 12.2 Å². The minimum Gasteiger partial charge on any atom is -0.469 e. The summed E-state index contributed by atoms with van der Waals surface area (Å²) in [6.07, 6.45) is 2.35. The highest BCUT2D eigenvalue weighted by atomic mass is 35.5. The summed E-state index contributed by atoms with van der Waals surface area (Å²) in [6, 6.07) is 12.4. The van der Waals surface area contributed by atoms with Crippen molar-refractivity contribution in [1.29, 1.82) is 0 Å². The normalized spacial score (nSPS) is 13.5. The van der Waals surface area contributed by atoms with Gasteiger partial charge in [-0.05, 0) is 55.2 Å². The molecule has 3 aromatic rings. The molecule has 4 rings (SSSR count). The molecule has 1 aliphatic carbocycles. The number of methoxy groups -OCH3 is 1. The zero-order chi connectivity index (χ0) is 22.0. The van der Waals surface area contributed by atoms with Gasteiger partial charge in [-0.2, -0.15) is 5.10 Å². The summed E-state index contributed by atoms with van der Waals surface area (Å²) in [6.45, 7) is 0. The van der Waals surface area contributed by atoms with Crippen molar-refractivity contribution in [1.82, 2.24) is 15.1 Å². The average Bonchev–Trinajstić information content (AvgIpc) is 3.37. The first kappa shape index (κ1) is 21.1. The molecule has 0 saturated carbocycles. The number of carbonyl (C=O) groups is 2. The number of benzene rings is 2. The molecular weight excluding hydrogens is 421 g/mol. The zero-order valence-corrected chi connectivity index (χ0v) is 17.7. The van der Waals surface area contributed by atoms with Crippen LogP contribution in [0.5, 0.6) is 0 Å². The van der Waals surface area contributed by atoms with Crippen molar-refractivity contribution in [2.24, 2.45) is 0 Å². The fraction of sp³-hybridized carbons (Fsp3) is 0.261. The summed E-state index contributed by atoms with van der Waals surface area (Å²) in [7, 11) is 1.30. The zero-order valence-electron chi connectivity index (χ0n) is 16.9. The van der Waals surface area contributed by atoms with Crippen LogP contribution in [0.15, 0.2) is 48.5 Å². The quantitative estimate of drug-likeness (QED) is 0.582. The van der Waals surface area contributed by atoms with Gasteiger partial charge in [0.15, 0.2) is 5.69 Å². The maximum atomic E-state index is 13.3. The molecule has 0 aliphatic heterocycles. The molecule has 0 saturated heterocycles. The molecule has 0 unspecified atom stereocenters. The van der Waals surface area contributed by atoms with E-state index in [2.05, 4.69) is 10.4 Å². The largest absolute Gasteiger partial charge is 0.469 e. The van der Waals surface area contributed by atoms with Crippen molar-refractivity contribution < 1.29 is 18.7 Å². The predicted octanol–water partition coefficient (Wildman–Crippen LogP) is 4.19. The maximum absolute atomic E-state index is 13.3. The van der Waals surface area contributed by atoms with Crippen LogP contribution in [0.3, 0.4) is 0 Å². The minimum atomic E-state index is -0.665. The standard InChI is InChI=1S/C23H21ClFN3O3/c1-31-21(29)13-19(16-5-2-3-7-18(16)24)26-23(30)22-17-6-4-8-20(17)28(27-22)15-11-9-14(25)10-12-15/h2-3,5,7,9-12,19H,4,6,8,13H2,1H3,(H,26,30)/t19-/m0/s1. The van der Waals surface area contributed by atoms with Crippen LogP contribution in [0.4, 0.5) is 4.39 Å². The van der Waals surface area contributed by atoms with Gasteiger partial charge in [-0.1, -0.05) is 29.8 Å². The van der Waals surface area contributed by atoms with Gasteiger partial charge in [-0.25, -0.2) is 9.07 Å². The number of nitrogens with one attached hydrogen (secondary N) is 1. The minimum absolute atomic E-state index is 0.0627. The van der Waals surface area contributed by atoms with Crippen molar-refractivity contribution >= 4 is 23.5 Å². The van der Waals surface area contributed by atoms with E-state index in [1.807, 2.05) is 0 Å². The molecule has 1 amide bonds. The van der Waals surface area contributed by atoms with Gasteiger partial charge in [-0.3, -0.25) is 9.59 Å². The second-order valence-corrected chi connectivity index (χ2v) is 7.75. The Morgan fingerprint density at radius 1 is 1.19 bits per heavy atom. The highest BCUT2D eigenvalue weighted by Crippen LogP contribution is 2.30. The molecule has 0 radical (unpaired) electrons. The number of halogens is 2. The van der Waals surface area contributed by atoms with E-state index < -0.39 is 17.9 Å². The van der Waals surface area contributed by atoms with Crippen LogP contribution in [0.2, 0.25) is 5.02 Å². The van der Waals surface area contributed by atoms with Gasteiger partial charge in [0.05, 0.1) is 25.3 Å². The van der Waals surface area contributed by atoms with Gasteiger partial charge in [0, 0.05) is 16.3 Å². The second-order valence-electron chi connectivity index (χ2n) is 7.34. The Morgan fingerprint density at radius 2 is 1.94 bits per heavy atom. The van der Waals surface area contributed by atoms with Crippen LogP contribution >= 0.6 is 11.6 Å². The average molecular weight is 442 g/mol. The molecule has 1 N–H and O–H groups in total. The molecule has 0 spiro atoms. The number of rotatable bonds is 6. The Kier molecular flexibility index (Phi) is 6.04. The van der Waals surface area contributed by atoms with Crippen molar-refractivity contribution in [3.63, 3.8) is 0 Å². The van der Waals surface area contributed by atoms with Gasteiger partial charge in [-0.15, -0.1) is 0 Å². The third-order valence-corrected chi connectivity index (χ3v) is 5.75. The number of fused-ring (bicyclic) bond motifs is 1. The molecule has 2 aromatic carbocycles. The molecular formula is C23H21ClFN3O3. The first-order valence-corrected chi connectivity index (χ1v) is 10.3. The van der Waals surface area contributed by atoms with Gasteiger partial charge in [0.1, 0.15) is 5.82 Å². The second kappa shape index (κ2) is 8.89. The summed E-state index contributed by atoms with van der Waals surface area (Å²) in [5.74, 6) is -1.20. The number of ether oxygens (including phenoxy) is 1. The predicted molar refractivity (Wildman–Crippen MR) is 114 cm³/mol. The summed E-state index contributed by atoms with van der Waals surface area (Å²) < 4.78 is 19.8. The molecule has 1 atom stereocenters. The van der Waals surface area contributed by atoms with Crippen molar-refractivity contribution in [2.45, 2.75) is 31.7 Å². The van der Waals surface area contributed by atoms with Crippen molar-refractivity contribution in [3.05, 3.63) is 81.9 Å². The third-order valence-electron chi connectivity index (χ3n) is 5.40. The van der Waals surface area contributed by atoms with Crippen LogP contribution < -0.4 is 5.32 Å². The SMILES string of the molecule is COC(=O)C[C@H](NC(=O)c1nn(-c2ccc(F)cc2)c2c1CCC2)c1ccccc1Cl. The topological polar surface area (TPSA) is 73.2 Å². The summed E-state index contributed by atoms with van der Waals surface area (Å²) in [4.78, 5) is 25.2. The van der Waals surface area contributed by atoms with Gasteiger partial charge < -0.3 is 10.1 Å². The lowest BCUT2D eigenvalue weighted by molar-refractivity contribution is -0.141. The molecule has 1 aromatic heterocycles. The first-order valence-electron chi connectivity index (χ1n) is 9.96. The summed E-state index contributed by atoms with van der Waals surface area (Å²) in [5.41, 5.74) is 3.43. The lowest BCUT2D eigenvalue weighted by atomic mass is 10.0. The molecule has 0 bridgehead atoms. The maximum Gasteiger partial charge on any atom is 0.307 e. The Balaban J connectivity index is 1.67. The van der Waals surface area contributed by atoms with Crippen LogP contribution in [-0.4, -0.2) is 28.8 Å². The number of carbonyl (C=O) groups excluding carboxylic acids is 2. The van der Waals surface area contributed by atoms with Gasteiger partial charge in [0.2, 0.25) is 0 Å². The number of hydrogen-bond acceptors (Lipinski definition) is 4. The van der Waals surface area contributed by atoms with E-state index >= 15 is 0 Å². The van der Waals surface area contributed by atoms with Crippen LogP contribution in [0.1, 0.15) is 46.2 Å². The fourth-order valence-corrected chi connectivity index (χ4v) is 4.16. The smallest absolute Gasteiger partial charge is 0.307 e. The van der Waals surface area contributed by atoms with E-state index in [1.54, 1.807) is 41.1 Å². The first-order chi connectivity index (χ1) is 15.0. The molecule has 0 fully saturated rings. The lowest BCUT2D eigenvalue weighted by Gasteiger charge is -2.19. The van der Waals surface area contributed by atoms with E-state index in [0.29, 0.717) is 22.0 Å². The van der Waals surface area contributed by atoms with Gasteiger partial charge in [0.25, 0.3) is 5.91 Å². The Morgan fingerprint density at radius 3 is 2.65 bits per heavy atom. The van der Waals surface area contributed by atoms with Crippen LogP contribution in [0, 0.1) is 5.82 Å². The Labute approximate surface area is 184 Å². The molecule has 8 heteroatoms. The number of aromatic nitrogens is 2. The molecule has 31 heavy (non-hydrogen) atoms. The highest BCUT2D eigenvalue weighted by molar-refractivity contribution is 6.31. The molecule has 1 heterocycles. The summed E-state index contributed by atoms with van der Waals surface area (Å²) >= 11 is 6.31. The van der Waals surface area contributed by atoms with Crippen LogP contribution in [-0.2, 0) is 22.4 Å². The van der Waals surface area contributed by atoms with E-state index in [0.717, 1.165) is 30.5 Å². The van der Waals surface area contributed by atoms with Crippen molar-refractivity contribution in [2.75, 3.05) is 7.11 Å². The molecule has 6 nitrogen and oxygen atoms in total. The highest BCUT2D eigenvalue weighted by Gasteiger charge is 2.29. The van der Waals surface area contributed by atoms with Crippen molar-refractivity contribution in [3.8, 4) is 5.69 Å². The lowest BCUT2D eigenvalue weighted by Crippen LogP contribution is -2.31. The molecule has 160 valence electrons. The van der Waals surface area contributed by atoms with Crippen LogP contribution in [0.25, 0.3) is 5.69 Å². The fourth-order valence-electron chi connectivity index (χ4n) is 3.89. The number of hydrogen-bond donors (Lipinski definition) is 1. The Hall–Kier alpha value is -3.19.